The minimum atomic E-state index is 0.582. The Kier molecular flexibility index (Phi) is 14.7. The highest BCUT2D eigenvalue weighted by Gasteiger charge is 2.23. The van der Waals surface area contributed by atoms with E-state index in [1.807, 2.05) is 150 Å². The third-order valence-corrected chi connectivity index (χ3v) is 22.8. The second-order valence-corrected chi connectivity index (χ2v) is 28.8. The summed E-state index contributed by atoms with van der Waals surface area (Å²) < 4.78 is 16.1. The first kappa shape index (κ1) is 61.7. The van der Waals surface area contributed by atoms with Gasteiger partial charge in [0.05, 0.1) is 22.1 Å². The Morgan fingerprint density at radius 1 is 0.243 bits per heavy atom. The maximum Gasteiger partial charge on any atom is 0.165 e. The zero-order valence-electron chi connectivity index (χ0n) is 57.2. The van der Waals surface area contributed by atoms with E-state index in [0.29, 0.717) is 34.9 Å². The number of aromatic nitrogens is 9. The molecule has 0 atom stereocenters. The SMILES string of the molecule is c1ccc(-c2nc(-c3cccc(-n4c5ccccc5c5cc(-c6cccc7c6sc6ccccc67)ccc54)c3)nc(-c3cccc4oc5ccccc5c34)n2)cc1.c1ccc(-c2nc(-c3ccccc3)nc(-c3ccc(-n4c5ccccc5c5cc(-c6cccc7c6sc6ccccc67)ccc54)nc3)n2)cc1. The molecule has 10 nitrogen and oxygen atoms in total. The summed E-state index contributed by atoms with van der Waals surface area (Å²) in [5, 5.41) is 12.1. The average molecular weight is 1400 g/mol. The monoisotopic (exact) mass is 1400 g/mol. The standard InChI is InChI=1S/C51H30N4OS.C44H27N5S/c1-2-13-31(14-3-1)49-52-50(54-51(53-49)40-22-12-25-45-47(40)39-19-5-8-24-44(39)56-45)33-15-10-16-34(29-33)55-42-23-7-4-17-36(42)41-30-32(27-28-43(41)55)35-20-11-21-38-37-18-6-9-26-46(37)57-48(35)38;1-3-12-28(13-4-1)42-46-43(29-14-5-2-6-15-29)48-44(47-42)31-23-25-40(45-27-31)49-37-20-9-7-16-33(37)36-26-30(22-24-38(36)49)32-18-11-19-35-34-17-8-10-21-39(34)50-41(32)35/h1-30H;1-27H. The van der Waals surface area contributed by atoms with Crippen LogP contribution in [0.4, 0.5) is 0 Å². The molecule has 0 radical (unpaired) electrons. The van der Waals surface area contributed by atoms with E-state index in [1.165, 1.54) is 84.1 Å². The molecule has 0 saturated carbocycles. The number of thiophene rings is 2. The number of nitrogens with zero attached hydrogens (tertiary/aromatic N) is 9. The molecule has 8 heterocycles. The van der Waals surface area contributed by atoms with Gasteiger partial charge in [-0.3, -0.25) is 4.57 Å². The predicted molar refractivity (Wildman–Crippen MR) is 443 cm³/mol. The van der Waals surface area contributed by atoms with Crippen molar-refractivity contribution >= 4 is 129 Å². The predicted octanol–water partition coefficient (Wildman–Crippen LogP) is 25.3. The van der Waals surface area contributed by atoms with Crippen LogP contribution in [0.25, 0.3) is 208 Å². The van der Waals surface area contributed by atoms with Crippen molar-refractivity contribution in [3.05, 3.63) is 346 Å². The fourth-order valence-electron chi connectivity index (χ4n) is 15.4. The Hall–Kier alpha value is -13.9. The number of hydrogen-bond acceptors (Lipinski definition) is 10. The molecule has 500 valence electrons. The number of fused-ring (bicyclic) bond motifs is 15. The van der Waals surface area contributed by atoms with Crippen LogP contribution in [0.1, 0.15) is 0 Å². The Bertz CT molecular complexity index is 7210. The normalized spacial score (nSPS) is 11.7. The van der Waals surface area contributed by atoms with Crippen LogP contribution < -0.4 is 0 Å². The van der Waals surface area contributed by atoms with Gasteiger partial charge in [-0.2, -0.15) is 0 Å². The van der Waals surface area contributed by atoms with Crippen LogP contribution in [0.2, 0.25) is 0 Å². The van der Waals surface area contributed by atoms with Crippen LogP contribution >= 0.6 is 22.7 Å². The largest absolute Gasteiger partial charge is 0.456 e. The van der Waals surface area contributed by atoms with E-state index in [0.717, 1.165) is 88.9 Å². The van der Waals surface area contributed by atoms with Crippen molar-refractivity contribution < 1.29 is 4.42 Å². The molecule has 22 aromatic rings. The molecule has 0 amide bonds. The number of furan rings is 1. The van der Waals surface area contributed by atoms with E-state index in [-0.39, 0.29) is 0 Å². The van der Waals surface area contributed by atoms with Crippen LogP contribution in [-0.2, 0) is 0 Å². The topological polar surface area (TPSA) is 113 Å². The van der Waals surface area contributed by atoms with Gasteiger partial charge in [-0.05, 0) is 107 Å². The van der Waals surface area contributed by atoms with Crippen LogP contribution in [0.5, 0.6) is 0 Å². The van der Waals surface area contributed by atoms with E-state index in [1.54, 1.807) is 0 Å². The fraction of sp³-hybridized carbons (Fsp3) is 0. The van der Waals surface area contributed by atoms with E-state index in [9.17, 15) is 0 Å². The van der Waals surface area contributed by atoms with E-state index >= 15 is 0 Å². The van der Waals surface area contributed by atoms with Crippen LogP contribution in [-0.4, -0.2) is 44.0 Å². The minimum Gasteiger partial charge on any atom is -0.456 e. The lowest BCUT2D eigenvalue weighted by molar-refractivity contribution is 0.669. The molecule has 12 heteroatoms. The van der Waals surface area contributed by atoms with Gasteiger partial charge in [0.1, 0.15) is 17.0 Å². The van der Waals surface area contributed by atoms with Crippen LogP contribution in [0.3, 0.4) is 0 Å². The summed E-state index contributed by atoms with van der Waals surface area (Å²) in [6.07, 6.45) is 1.87. The number of benzene rings is 14. The molecule has 0 aliphatic carbocycles. The van der Waals surface area contributed by atoms with Gasteiger partial charge in [0.2, 0.25) is 0 Å². The first-order valence-electron chi connectivity index (χ1n) is 35.6. The Morgan fingerprint density at radius 3 is 1.21 bits per heavy atom. The smallest absolute Gasteiger partial charge is 0.165 e. The van der Waals surface area contributed by atoms with Gasteiger partial charge < -0.3 is 8.98 Å². The molecule has 8 aromatic heterocycles. The molecule has 14 aromatic carbocycles. The van der Waals surface area contributed by atoms with E-state index in [4.69, 9.17) is 39.3 Å². The summed E-state index contributed by atoms with van der Waals surface area (Å²) in [4.78, 5) is 35.0. The summed E-state index contributed by atoms with van der Waals surface area (Å²) in [5.74, 6) is 4.48. The molecule has 0 spiro atoms. The van der Waals surface area contributed by atoms with Gasteiger partial charge in [0.15, 0.2) is 34.9 Å². The van der Waals surface area contributed by atoms with Crippen molar-refractivity contribution in [2.24, 2.45) is 0 Å². The van der Waals surface area contributed by atoms with Crippen molar-refractivity contribution in [2.45, 2.75) is 0 Å². The van der Waals surface area contributed by atoms with Crippen LogP contribution in [0, 0.1) is 0 Å². The molecular weight excluding hydrogens is 1350 g/mol. The number of para-hydroxylation sites is 3. The second kappa shape index (κ2) is 25.5. The molecule has 107 heavy (non-hydrogen) atoms. The number of hydrogen-bond donors (Lipinski definition) is 0. The Balaban J connectivity index is 0.000000138. The second-order valence-electron chi connectivity index (χ2n) is 26.7. The lowest BCUT2D eigenvalue weighted by Gasteiger charge is -2.12. The van der Waals surface area contributed by atoms with Gasteiger partial charge in [-0.15, -0.1) is 22.7 Å². The molecule has 22 rings (SSSR count). The van der Waals surface area contributed by atoms with Gasteiger partial charge in [0, 0.05) is 118 Å². The molecule has 0 N–H and O–H groups in total. The number of pyridine rings is 1. The molecule has 0 aliphatic rings. The maximum atomic E-state index is 6.26. The van der Waals surface area contributed by atoms with Gasteiger partial charge in [0.25, 0.3) is 0 Å². The average Bonchev–Trinajstić information content (AvgIpc) is 1.58. The highest BCUT2D eigenvalue weighted by atomic mass is 32.1. The van der Waals surface area contributed by atoms with Crippen molar-refractivity contribution in [2.75, 3.05) is 0 Å². The Labute approximate surface area is 620 Å². The zero-order valence-corrected chi connectivity index (χ0v) is 58.8. The van der Waals surface area contributed by atoms with Gasteiger partial charge in [-0.1, -0.05) is 255 Å². The van der Waals surface area contributed by atoms with Crippen LogP contribution in [0.15, 0.2) is 350 Å². The molecule has 0 fully saturated rings. The summed E-state index contributed by atoms with van der Waals surface area (Å²) in [7, 11) is 0. The molecule has 0 saturated heterocycles. The van der Waals surface area contributed by atoms with Crippen molar-refractivity contribution in [3.8, 4) is 102 Å². The van der Waals surface area contributed by atoms with Gasteiger partial charge in [-0.25, -0.2) is 34.9 Å². The third-order valence-electron chi connectivity index (χ3n) is 20.4. The fourth-order valence-corrected chi connectivity index (χ4v) is 17.9. The highest BCUT2D eigenvalue weighted by Crippen LogP contribution is 2.46. The maximum absolute atomic E-state index is 6.26. The quantitative estimate of drug-likeness (QED) is 0.133. The van der Waals surface area contributed by atoms with Crippen molar-refractivity contribution in [1.29, 1.82) is 0 Å². The van der Waals surface area contributed by atoms with Crippen molar-refractivity contribution in [3.63, 3.8) is 0 Å². The first-order chi connectivity index (χ1) is 53.0. The minimum absolute atomic E-state index is 0.582. The summed E-state index contributed by atoms with van der Waals surface area (Å²) in [5.41, 5.74) is 17.5. The summed E-state index contributed by atoms with van der Waals surface area (Å²) in [6.45, 7) is 0. The summed E-state index contributed by atoms with van der Waals surface area (Å²) >= 11 is 3.73. The first-order valence-corrected chi connectivity index (χ1v) is 37.2. The third kappa shape index (κ3) is 10.6. The van der Waals surface area contributed by atoms with E-state index < -0.39 is 0 Å². The number of rotatable bonds is 10. The lowest BCUT2D eigenvalue weighted by Crippen LogP contribution is -2.01. The summed E-state index contributed by atoms with van der Waals surface area (Å²) in [6, 6.07) is 119. The zero-order chi connectivity index (χ0) is 70.5. The molecule has 0 unspecified atom stereocenters. The van der Waals surface area contributed by atoms with Crippen molar-refractivity contribution in [1.82, 2.24) is 44.0 Å². The molecular formula is C95H57N9OS2. The molecule has 0 aliphatic heterocycles. The molecule has 0 bridgehead atoms. The van der Waals surface area contributed by atoms with E-state index in [2.05, 4.69) is 228 Å². The lowest BCUT2D eigenvalue weighted by atomic mass is 10.0. The van der Waals surface area contributed by atoms with Gasteiger partial charge >= 0.3 is 0 Å². The highest BCUT2D eigenvalue weighted by molar-refractivity contribution is 7.26. The Morgan fingerprint density at radius 2 is 0.645 bits per heavy atom.